The number of anilines is 2. The number of nitrogens with one attached hydrogen (secondary N) is 2. The van der Waals surface area contributed by atoms with Gasteiger partial charge in [-0.25, -0.2) is 8.42 Å². The Kier molecular flexibility index (Phi) is 3.88. The maximum absolute atomic E-state index is 12.7. The largest absolute Gasteiger partial charge is 0.491 e. The van der Waals surface area contributed by atoms with Crippen LogP contribution in [-0.2, 0) is 21.2 Å². The highest BCUT2D eigenvalue weighted by Crippen LogP contribution is 2.33. The average Bonchev–Trinajstić information content (AvgIpc) is 3.32. The lowest BCUT2D eigenvalue weighted by atomic mass is 10.2. The van der Waals surface area contributed by atoms with Crippen molar-refractivity contribution in [2.24, 2.45) is 5.92 Å². The van der Waals surface area contributed by atoms with Gasteiger partial charge in [0.2, 0.25) is 5.91 Å². The molecule has 1 aliphatic heterocycles. The Morgan fingerprint density at radius 3 is 2.76 bits per heavy atom. The molecule has 0 radical (unpaired) electrons. The molecule has 0 saturated heterocycles. The lowest BCUT2D eigenvalue weighted by molar-refractivity contribution is -0.115. The molecule has 1 heterocycles. The summed E-state index contributed by atoms with van der Waals surface area (Å²) in [6, 6.07) is 11.6. The molecule has 0 unspecified atom stereocenters. The summed E-state index contributed by atoms with van der Waals surface area (Å²) in [5.41, 5.74) is 1.76. The zero-order valence-electron chi connectivity index (χ0n) is 13.5. The second-order valence-corrected chi connectivity index (χ2v) is 8.08. The van der Waals surface area contributed by atoms with Gasteiger partial charge in [-0.15, -0.1) is 0 Å². The van der Waals surface area contributed by atoms with Crippen molar-refractivity contribution in [3.05, 3.63) is 48.0 Å². The van der Waals surface area contributed by atoms with E-state index in [-0.39, 0.29) is 17.2 Å². The molecule has 0 atom stereocenters. The van der Waals surface area contributed by atoms with Crippen molar-refractivity contribution in [3.8, 4) is 5.75 Å². The van der Waals surface area contributed by atoms with Gasteiger partial charge < -0.3 is 10.1 Å². The van der Waals surface area contributed by atoms with E-state index in [1.54, 1.807) is 24.3 Å². The molecule has 2 aromatic carbocycles. The normalized spacial score (nSPS) is 16.2. The van der Waals surface area contributed by atoms with Crippen LogP contribution in [0.4, 0.5) is 11.4 Å². The van der Waals surface area contributed by atoms with Crippen molar-refractivity contribution in [3.63, 3.8) is 0 Å². The number of fused-ring (bicyclic) bond motifs is 1. The Hall–Kier alpha value is -2.54. The molecule has 1 saturated carbocycles. The van der Waals surface area contributed by atoms with E-state index in [4.69, 9.17) is 4.74 Å². The molecule has 0 spiro atoms. The van der Waals surface area contributed by atoms with E-state index in [2.05, 4.69) is 10.0 Å². The van der Waals surface area contributed by atoms with Crippen molar-refractivity contribution in [1.82, 2.24) is 0 Å². The van der Waals surface area contributed by atoms with Gasteiger partial charge >= 0.3 is 0 Å². The van der Waals surface area contributed by atoms with Crippen LogP contribution in [0.2, 0.25) is 0 Å². The van der Waals surface area contributed by atoms with Gasteiger partial charge in [0, 0.05) is 5.69 Å². The zero-order chi connectivity index (χ0) is 17.4. The third kappa shape index (κ3) is 3.46. The predicted octanol–water partition coefficient (Wildman–Crippen LogP) is 2.77. The van der Waals surface area contributed by atoms with Gasteiger partial charge in [-0.1, -0.05) is 12.1 Å². The fraction of sp³-hybridized carbons (Fsp3) is 0.278. The van der Waals surface area contributed by atoms with Crippen LogP contribution in [0.3, 0.4) is 0 Å². The van der Waals surface area contributed by atoms with E-state index >= 15 is 0 Å². The molecular formula is C18H18N2O4S. The maximum Gasteiger partial charge on any atom is 0.262 e. The number of benzene rings is 2. The minimum atomic E-state index is -3.77. The second kappa shape index (κ2) is 6.07. The molecule has 4 rings (SSSR count). The van der Waals surface area contributed by atoms with E-state index in [0.717, 1.165) is 12.8 Å². The quantitative estimate of drug-likeness (QED) is 0.832. The standard InChI is InChI=1S/C18H18N2O4S/c21-18-10-13-9-14(7-8-15(13)19-18)25(22,23)20-16-3-1-2-4-17(16)24-11-12-5-6-12/h1-4,7-9,12,20H,5-6,10-11H2,(H,19,21). The third-order valence-corrected chi connectivity index (χ3v) is 5.68. The summed E-state index contributed by atoms with van der Waals surface area (Å²) in [6.07, 6.45) is 2.52. The van der Waals surface area contributed by atoms with Crippen LogP contribution in [0.25, 0.3) is 0 Å². The third-order valence-electron chi connectivity index (χ3n) is 4.31. The summed E-state index contributed by atoms with van der Waals surface area (Å²) in [5.74, 6) is 0.971. The topological polar surface area (TPSA) is 84.5 Å². The smallest absolute Gasteiger partial charge is 0.262 e. The fourth-order valence-corrected chi connectivity index (χ4v) is 3.87. The fourth-order valence-electron chi connectivity index (χ4n) is 2.75. The number of hydrogen-bond donors (Lipinski definition) is 2. The predicted molar refractivity (Wildman–Crippen MR) is 94.2 cm³/mol. The summed E-state index contributed by atoms with van der Waals surface area (Å²) in [7, 11) is -3.77. The number of carbonyl (C=O) groups is 1. The van der Waals surface area contributed by atoms with Gasteiger partial charge in [0.1, 0.15) is 5.75 Å². The van der Waals surface area contributed by atoms with Crippen LogP contribution in [0, 0.1) is 5.92 Å². The Bertz CT molecular complexity index is 936. The molecule has 2 aliphatic rings. The van der Waals surface area contributed by atoms with Crippen molar-refractivity contribution < 1.29 is 17.9 Å². The van der Waals surface area contributed by atoms with E-state index in [1.807, 2.05) is 6.07 Å². The van der Waals surface area contributed by atoms with Gasteiger partial charge in [0.25, 0.3) is 10.0 Å². The zero-order valence-corrected chi connectivity index (χ0v) is 14.3. The number of para-hydroxylation sites is 2. The van der Waals surface area contributed by atoms with Crippen molar-refractivity contribution in [2.75, 3.05) is 16.6 Å². The monoisotopic (exact) mass is 358 g/mol. The van der Waals surface area contributed by atoms with Crippen LogP contribution in [0.1, 0.15) is 18.4 Å². The Morgan fingerprint density at radius 1 is 1.16 bits per heavy atom. The van der Waals surface area contributed by atoms with Gasteiger partial charge in [-0.05, 0) is 54.7 Å². The van der Waals surface area contributed by atoms with Crippen molar-refractivity contribution in [1.29, 1.82) is 0 Å². The second-order valence-electron chi connectivity index (χ2n) is 6.40. The summed E-state index contributed by atoms with van der Waals surface area (Å²) >= 11 is 0. The minimum Gasteiger partial charge on any atom is -0.491 e. The highest BCUT2D eigenvalue weighted by molar-refractivity contribution is 7.92. The first-order valence-electron chi connectivity index (χ1n) is 8.19. The molecule has 1 amide bonds. The summed E-state index contributed by atoms with van der Waals surface area (Å²) < 4.78 is 33.8. The summed E-state index contributed by atoms with van der Waals surface area (Å²) in [5, 5.41) is 2.69. The number of ether oxygens (including phenoxy) is 1. The van der Waals surface area contributed by atoms with Crippen molar-refractivity contribution in [2.45, 2.75) is 24.2 Å². The Balaban J connectivity index is 1.57. The molecular weight excluding hydrogens is 340 g/mol. The number of rotatable bonds is 6. The van der Waals surface area contributed by atoms with Gasteiger partial charge in [-0.2, -0.15) is 0 Å². The summed E-state index contributed by atoms with van der Waals surface area (Å²) in [4.78, 5) is 11.6. The number of amides is 1. The lowest BCUT2D eigenvalue weighted by Gasteiger charge is -2.14. The van der Waals surface area contributed by atoms with Crippen LogP contribution in [0.5, 0.6) is 5.75 Å². The van der Waals surface area contributed by atoms with E-state index in [1.165, 1.54) is 12.1 Å². The molecule has 0 aromatic heterocycles. The molecule has 6 nitrogen and oxygen atoms in total. The van der Waals surface area contributed by atoms with Gasteiger partial charge in [0.15, 0.2) is 0 Å². The number of hydrogen-bond acceptors (Lipinski definition) is 4. The van der Waals surface area contributed by atoms with E-state index < -0.39 is 10.0 Å². The maximum atomic E-state index is 12.7. The molecule has 2 N–H and O–H groups in total. The molecule has 130 valence electrons. The van der Waals surface area contributed by atoms with Crippen LogP contribution >= 0.6 is 0 Å². The van der Waals surface area contributed by atoms with Gasteiger partial charge in [-0.3, -0.25) is 9.52 Å². The van der Waals surface area contributed by atoms with Crippen LogP contribution < -0.4 is 14.8 Å². The Labute approximate surface area is 146 Å². The van der Waals surface area contributed by atoms with E-state index in [9.17, 15) is 13.2 Å². The molecule has 1 aliphatic carbocycles. The highest BCUT2D eigenvalue weighted by Gasteiger charge is 2.24. The van der Waals surface area contributed by atoms with Gasteiger partial charge in [0.05, 0.1) is 23.6 Å². The number of carbonyl (C=O) groups excluding carboxylic acids is 1. The molecule has 2 aromatic rings. The number of sulfonamides is 1. The minimum absolute atomic E-state index is 0.125. The Morgan fingerprint density at radius 2 is 1.96 bits per heavy atom. The van der Waals surface area contributed by atoms with Crippen LogP contribution in [0.15, 0.2) is 47.4 Å². The molecule has 0 bridgehead atoms. The first-order chi connectivity index (χ1) is 12.0. The first kappa shape index (κ1) is 16.0. The molecule has 25 heavy (non-hydrogen) atoms. The highest BCUT2D eigenvalue weighted by atomic mass is 32.2. The first-order valence-corrected chi connectivity index (χ1v) is 9.67. The van der Waals surface area contributed by atoms with E-state index in [0.29, 0.717) is 35.2 Å². The van der Waals surface area contributed by atoms with Crippen LogP contribution in [-0.4, -0.2) is 20.9 Å². The summed E-state index contributed by atoms with van der Waals surface area (Å²) in [6.45, 7) is 0.603. The SMILES string of the molecule is O=C1Cc2cc(S(=O)(=O)Nc3ccccc3OCC3CC3)ccc2N1. The lowest BCUT2D eigenvalue weighted by Crippen LogP contribution is -2.14. The molecule has 7 heteroatoms. The van der Waals surface area contributed by atoms with Crippen molar-refractivity contribution >= 4 is 27.3 Å². The molecule has 1 fully saturated rings. The average molecular weight is 358 g/mol.